The largest absolute Gasteiger partial charge is 0.464 e. The van der Waals surface area contributed by atoms with Crippen molar-refractivity contribution < 1.29 is 9.53 Å². The molecule has 0 fully saturated rings. The van der Waals surface area contributed by atoms with Crippen molar-refractivity contribution in [2.45, 2.75) is 13.8 Å². The van der Waals surface area contributed by atoms with Gasteiger partial charge in [-0.2, -0.15) is 0 Å². The Morgan fingerprint density at radius 3 is 2.44 bits per heavy atom. The molecule has 2 aromatic rings. The first-order valence-corrected chi connectivity index (χ1v) is 5.52. The van der Waals surface area contributed by atoms with Crippen molar-refractivity contribution in [1.82, 2.24) is 9.55 Å². The van der Waals surface area contributed by atoms with E-state index in [0.29, 0.717) is 0 Å². The molecule has 1 heterocycles. The maximum Gasteiger partial charge on any atom is 0.360 e. The van der Waals surface area contributed by atoms with Gasteiger partial charge in [-0.15, -0.1) is 0 Å². The van der Waals surface area contributed by atoms with E-state index in [4.69, 9.17) is 5.73 Å². The van der Waals surface area contributed by atoms with Crippen LogP contribution in [-0.2, 0) is 4.74 Å². The van der Waals surface area contributed by atoms with E-state index >= 15 is 0 Å². The number of aryl methyl sites for hydroxylation is 2. The highest BCUT2D eigenvalue weighted by Gasteiger charge is 2.16. The van der Waals surface area contributed by atoms with Gasteiger partial charge >= 0.3 is 5.97 Å². The quantitative estimate of drug-likeness (QED) is 0.820. The van der Waals surface area contributed by atoms with Crippen LogP contribution in [-0.4, -0.2) is 22.6 Å². The monoisotopic (exact) mass is 245 g/mol. The topological polar surface area (TPSA) is 70.1 Å². The number of nitrogens with two attached hydrogens (primary N) is 1. The molecule has 0 bridgehead atoms. The third-order valence-corrected chi connectivity index (χ3v) is 2.67. The van der Waals surface area contributed by atoms with E-state index in [1.807, 2.05) is 26.0 Å². The Balaban J connectivity index is 2.52. The zero-order valence-corrected chi connectivity index (χ0v) is 10.6. The lowest BCUT2D eigenvalue weighted by atomic mass is 10.1. The van der Waals surface area contributed by atoms with Crippen LogP contribution in [0.3, 0.4) is 0 Å². The lowest BCUT2D eigenvalue weighted by Gasteiger charge is -2.08. The van der Waals surface area contributed by atoms with Gasteiger partial charge in [0.2, 0.25) is 0 Å². The second-order valence-corrected chi connectivity index (χ2v) is 4.19. The molecule has 1 aromatic carbocycles. The van der Waals surface area contributed by atoms with Crippen LogP contribution in [0.1, 0.15) is 21.6 Å². The molecule has 0 aliphatic heterocycles. The average molecular weight is 245 g/mol. The molecule has 0 saturated carbocycles. The SMILES string of the molecule is COC(=O)c1ncn(-c2cc(C)cc(C)c2)c1N. The van der Waals surface area contributed by atoms with Gasteiger partial charge in [-0.05, 0) is 37.1 Å². The molecular weight excluding hydrogens is 230 g/mol. The Kier molecular flexibility index (Phi) is 3.06. The molecule has 1 aromatic heterocycles. The highest BCUT2D eigenvalue weighted by molar-refractivity contribution is 5.92. The fourth-order valence-corrected chi connectivity index (χ4v) is 1.91. The molecule has 0 atom stereocenters. The van der Waals surface area contributed by atoms with Crippen molar-refractivity contribution in [2.75, 3.05) is 12.8 Å². The Morgan fingerprint density at radius 2 is 1.89 bits per heavy atom. The lowest BCUT2D eigenvalue weighted by Crippen LogP contribution is -2.07. The number of hydrogen-bond donors (Lipinski definition) is 1. The van der Waals surface area contributed by atoms with Crippen LogP contribution in [0.4, 0.5) is 5.82 Å². The Labute approximate surface area is 105 Å². The van der Waals surface area contributed by atoms with E-state index in [1.54, 1.807) is 4.57 Å². The summed E-state index contributed by atoms with van der Waals surface area (Å²) in [5.74, 6) is -0.248. The second kappa shape index (κ2) is 4.52. The molecule has 2 N–H and O–H groups in total. The van der Waals surface area contributed by atoms with Gasteiger partial charge in [-0.25, -0.2) is 9.78 Å². The van der Waals surface area contributed by atoms with Crippen molar-refractivity contribution in [3.63, 3.8) is 0 Å². The van der Waals surface area contributed by atoms with Gasteiger partial charge in [0.25, 0.3) is 0 Å². The molecule has 0 saturated heterocycles. The van der Waals surface area contributed by atoms with Crippen molar-refractivity contribution in [3.8, 4) is 5.69 Å². The number of nitrogen functional groups attached to an aromatic ring is 1. The molecule has 0 aliphatic rings. The minimum Gasteiger partial charge on any atom is -0.464 e. The molecule has 5 nitrogen and oxygen atoms in total. The summed E-state index contributed by atoms with van der Waals surface area (Å²) >= 11 is 0. The van der Waals surface area contributed by atoms with E-state index in [2.05, 4.69) is 15.8 Å². The summed E-state index contributed by atoms with van der Waals surface area (Å²) in [6.45, 7) is 4.01. The van der Waals surface area contributed by atoms with Crippen molar-refractivity contribution in [3.05, 3.63) is 41.3 Å². The standard InChI is InChI=1S/C13H15N3O2/c1-8-4-9(2)6-10(5-8)16-7-15-11(12(16)14)13(17)18-3/h4-7H,14H2,1-3H3. The average Bonchev–Trinajstić information content (AvgIpc) is 2.69. The Morgan fingerprint density at radius 1 is 1.28 bits per heavy atom. The first kappa shape index (κ1) is 12.2. The number of imidazole rings is 1. The molecule has 0 aliphatic carbocycles. The van der Waals surface area contributed by atoms with Crippen LogP contribution < -0.4 is 5.73 Å². The van der Waals surface area contributed by atoms with E-state index in [9.17, 15) is 4.79 Å². The number of aromatic nitrogens is 2. The number of benzene rings is 1. The predicted octanol–water partition coefficient (Wildman–Crippen LogP) is 1.86. The minimum atomic E-state index is -0.532. The van der Waals surface area contributed by atoms with Crippen molar-refractivity contribution in [2.24, 2.45) is 0 Å². The summed E-state index contributed by atoms with van der Waals surface area (Å²) in [7, 11) is 1.30. The summed E-state index contributed by atoms with van der Waals surface area (Å²) in [6, 6.07) is 6.02. The molecule has 18 heavy (non-hydrogen) atoms. The summed E-state index contributed by atoms with van der Waals surface area (Å²) in [6.07, 6.45) is 1.52. The maximum atomic E-state index is 11.4. The fraction of sp³-hybridized carbons (Fsp3) is 0.231. The smallest absolute Gasteiger partial charge is 0.360 e. The first-order chi connectivity index (χ1) is 8.52. The van der Waals surface area contributed by atoms with E-state index in [0.717, 1.165) is 16.8 Å². The summed E-state index contributed by atoms with van der Waals surface area (Å²) in [5.41, 5.74) is 9.18. The van der Waals surface area contributed by atoms with Gasteiger partial charge in [0, 0.05) is 5.69 Å². The van der Waals surface area contributed by atoms with Crippen LogP contribution in [0, 0.1) is 13.8 Å². The first-order valence-electron chi connectivity index (χ1n) is 5.52. The minimum absolute atomic E-state index is 0.136. The summed E-state index contributed by atoms with van der Waals surface area (Å²) < 4.78 is 6.29. The molecule has 0 radical (unpaired) electrons. The maximum absolute atomic E-state index is 11.4. The Bertz CT molecular complexity index is 582. The highest BCUT2D eigenvalue weighted by atomic mass is 16.5. The normalized spacial score (nSPS) is 10.4. The third kappa shape index (κ3) is 2.07. The molecule has 0 spiro atoms. The predicted molar refractivity (Wildman–Crippen MR) is 68.8 cm³/mol. The number of ether oxygens (including phenoxy) is 1. The number of anilines is 1. The van der Waals surface area contributed by atoms with Gasteiger partial charge < -0.3 is 10.5 Å². The number of nitrogens with zero attached hydrogens (tertiary/aromatic N) is 2. The van der Waals surface area contributed by atoms with Gasteiger partial charge in [0.05, 0.1) is 7.11 Å². The molecular formula is C13H15N3O2. The number of methoxy groups -OCH3 is 1. The molecule has 0 amide bonds. The van der Waals surface area contributed by atoms with Crippen molar-refractivity contribution in [1.29, 1.82) is 0 Å². The Hall–Kier alpha value is -2.30. The van der Waals surface area contributed by atoms with Crippen LogP contribution in [0.25, 0.3) is 5.69 Å². The molecule has 2 rings (SSSR count). The zero-order valence-electron chi connectivity index (χ0n) is 10.6. The van der Waals surface area contributed by atoms with Crippen LogP contribution in [0.2, 0.25) is 0 Å². The van der Waals surface area contributed by atoms with Crippen molar-refractivity contribution >= 4 is 11.8 Å². The fourth-order valence-electron chi connectivity index (χ4n) is 1.91. The van der Waals surface area contributed by atoms with Gasteiger partial charge in [-0.1, -0.05) is 6.07 Å². The number of carbonyl (C=O) groups excluding carboxylic acids is 1. The summed E-state index contributed by atoms with van der Waals surface area (Å²) in [5, 5.41) is 0. The number of rotatable bonds is 2. The third-order valence-electron chi connectivity index (χ3n) is 2.67. The number of hydrogen-bond acceptors (Lipinski definition) is 4. The second-order valence-electron chi connectivity index (χ2n) is 4.19. The van der Waals surface area contributed by atoms with Crippen LogP contribution in [0.15, 0.2) is 24.5 Å². The zero-order chi connectivity index (χ0) is 13.3. The van der Waals surface area contributed by atoms with E-state index in [1.165, 1.54) is 13.4 Å². The summed E-state index contributed by atoms with van der Waals surface area (Å²) in [4.78, 5) is 15.4. The van der Waals surface area contributed by atoms with Gasteiger partial charge in [-0.3, -0.25) is 4.57 Å². The van der Waals surface area contributed by atoms with E-state index in [-0.39, 0.29) is 11.5 Å². The molecule has 94 valence electrons. The van der Waals surface area contributed by atoms with Gasteiger partial charge in [0.1, 0.15) is 12.1 Å². The van der Waals surface area contributed by atoms with Gasteiger partial charge in [0.15, 0.2) is 5.69 Å². The highest BCUT2D eigenvalue weighted by Crippen LogP contribution is 2.20. The number of carbonyl (C=O) groups is 1. The molecule has 0 unspecified atom stereocenters. The number of esters is 1. The van der Waals surface area contributed by atoms with Crippen LogP contribution in [0.5, 0.6) is 0 Å². The molecule has 5 heteroatoms. The van der Waals surface area contributed by atoms with Crippen LogP contribution >= 0.6 is 0 Å². The van der Waals surface area contributed by atoms with E-state index < -0.39 is 5.97 Å². The lowest BCUT2D eigenvalue weighted by molar-refractivity contribution is 0.0596.